The van der Waals surface area contributed by atoms with Crippen molar-refractivity contribution < 1.29 is 0 Å². The fraction of sp³-hybridized carbons (Fsp3) is 0.625. The van der Waals surface area contributed by atoms with Gasteiger partial charge in [0, 0.05) is 5.54 Å². The Kier molecular flexibility index (Phi) is 5.70. The minimum atomic E-state index is 0.00580. The number of nitrogens with two attached hydrogens (primary N) is 1. The van der Waals surface area contributed by atoms with E-state index in [1.54, 1.807) is 0 Å². The molecule has 0 aliphatic carbocycles. The Hall–Kier alpha value is -0.820. The molecule has 1 unspecified atom stereocenters. The van der Waals surface area contributed by atoms with E-state index in [4.69, 9.17) is 5.73 Å². The molecule has 1 aromatic carbocycles. The Bertz CT molecular complexity index is 301. The molecule has 0 bridgehead atoms. The van der Waals surface area contributed by atoms with E-state index >= 15 is 0 Å². The molecule has 0 spiro atoms. The largest absolute Gasteiger partial charge is 0.325 e. The second kappa shape index (κ2) is 6.80. The van der Waals surface area contributed by atoms with E-state index < -0.39 is 0 Å². The van der Waals surface area contributed by atoms with Gasteiger partial charge >= 0.3 is 0 Å². The van der Waals surface area contributed by atoms with E-state index in [9.17, 15) is 0 Å². The molecule has 17 heavy (non-hydrogen) atoms. The highest BCUT2D eigenvalue weighted by molar-refractivity contribution is 5.16. The second-order valence-electron chi connectivity index (χ2n) is 5.12. The van der Waals surface area contributed by atoms with Gasteiger partial charge in [0.2, 0.25) is 0 Å². The predicted molar refractivity (Wildman–Crippen MR) is 76.0 cm³/mol. The topological polar surface area (TPSA) is 26.0 Å². The third kappa shape index (κ3) is 3.85. The minimum absolute atomic E-state index is 0.00580. The zero-order chi connectivity index (χ0) is 12.7. The fourth-order valence-electron chi connectivity index (χ4n) is 2.67. The maximum atomic E-state index is 6.57. The Balaban J connectivity index is 2.79. The smallest absolute Gasteiger partial charge is 0.0180 e. The van der Waals surface area contributed by atoms with Gasteiger partial charge in [0.05, 0.1) is 0 Å². The molecular weight excluding hydrogens is 206 g/mol. The predicted octanol–water partition coefficient (Wildman–Crippen LogP) is 4.16. The van der Waals surface area contributed by atoms with Gasteiger partial charge < -0.3 is 5.73 Å². The van der Waals surface area contributed by atoms with Crippen LogP contribution in [0.15, 0.2) is 30.3 Å². The number of rotatable bonds is 7. The van der Waals surface area contributed by atoms with Crippen LogP contribution in [0, 0.1) is 5.92 Å². The molecule has 0 aromatic heterocycles. The molecule has 1 aromatic rings. The van der Waals surface area contributed by atoms with Gasteiger partial charge in [-0.25, -0.2) is 0 Å². The van der Waals surface area contributed by atoms with Gasteiger partial charge in [0.25, 0.3) is 0 Å². The van der Waals surface area contributed by atoms with Crippen LogP contribution in [0.1, 0.15) is 52.0 Å². The van der Waals surface area contributed by atoms with E-state index in [1.807, 2.05) is 0 Å². The average molecular weight is 233 g/mol. The lowest BCUT2D eigenvalue weighted by Crippen LogP contribution is -2.47. The zero-order valence-corrected chi connectivity index (χ0v) is 11.6. The first-order chi connectivity index (χ1) is 8.16. The Morgan fingerprint density at radius 1 is 1.06 bits per heavy atom. The molecule has 96 valence electrons. The monoisotopic (exact) mass is 233 g/mol. The molecule has 2 N–H and O–H groups in total. The third-order valence-corrected chi connectivity index (χ3v) is 4.09. The van der Waals surface area contributed by atoms with E-state index in [-0.39, 0.29) is 5.54 Å². The van der Waals surface area contributed by atoms with E-state index in [2.05, 4.69) is 51.1 Å². The fourth-order valence-corrected chi connectivity index (χ4v) is 2.67. The molecule has 1 rings (SSSR count). The first-order valence-corrected chi connectivity index (χ1v) is 6.99. The molecule has 0 saturated carbocycles. The summed E-state index contributed by atoms with van der Waals surface area (Å²) in [5.41, 5.74) is 8.00. The highest BCUT2D eigenvalue weighted by Gasteiger charge is 2.30. The van der Waals surface area contributed by atoms with Crippen molar-refractivity contribution in [1.82, 2.24) is 0 Å². The van der Waals surface area contributed by atoms with Crippen molar-refractivity contribution in [1.29, 1.82) is 0 Å². The van der Waals surface area contributed by atoms with Crippen LogP contribution in [-0.2, 0) is 6.42 Å². The summed E-state index contributed by atoms with van der Waals surface area (Å²) in [6, 6.07) is 10.7. The van der Waals surface area contributed by atoms with Crippen molar-refractivity contribution in [3.8, 4) is 0 Å². The molecule has 0 heterocycles. The normalized spacial score (nSPS) is 13.6. The van der Waals surface area contributed by atoms with E-state index in [0.717, 1.165) is 19.3 Å². The first-order valence-electron chi connectivity index (χ1n) is 6.99. The standard InChI is InChI=1S/C16H27N/c1-4-10-15(16(17,5-2)6-3)13-14-11-8-7-9-12-14/h7-9,11-12,15H,4-6,10,13,17H2,1-3H3. The SMILES string of the molecule is CCCC(Cc1ccccc1)C(N)(CC)CC. The van der Waals surface area contributed by atoms with Crippen molar-refractivity contribution in [2.45, 2.75) is 58.4 Å². The summed E-state index contributed by atoms with van der Waals surface area (Å²) in [5.74, 6) is 0.602. The van der Waals surface area contributed by atoms with Gasteiger partial charge in [-0.05, 0) is 37.2 Å². The molecule has 0 aliphatic heterocycles. The summed E-state index contributed by atoms with van der Waals surface area (Å²) in [6.07, 6.45) is 5.71. The zero-order valence-electron chi connectivity index (χ0n) is 11.6. The molecular formula is C16H27N. The van der Waals surface area contributed by atoms with Crippen molar-refractivity contribution in [2.24, 2.45) is 11.7 Å². The lowest BCUT2D eigenvalue weighted by atomic mass is 9.75. The van der Waals surface area contributed by atoms with Crippen LogP contribution in [0.4, 0.5) is 0 Å². The second-order valence-corrected chi connectivity index (χ2v) is 5.12. The lowest BCUT2D eigenvalue weighted by molar-refractivity contribution is 0.234. The Morgan fingerprint density at radius 3 is 2.12 bits per heavy atom. The van der Waals surface area contributed by atoms with Crippen molar-refractivity contribution in [2.75, 3.05) is 0 Å². The van der Waals surface area contributed by atoms with Gasteiger partial charge in [-0.15, -0.1) is 0 Å². The summed E-state index contributed by atoms with van der Waals surface area (Å²) in [6.45, 7) is 6.69. The molecule has 1 heteroatoms. The van der Waals surface area contributed by atoms with Crippen LogP contribution in [0.2, 0.25) is 0 Å². The third-order valence-electron chi connectivity index (χ3n) is 4.09. The van der Waals surface area contributed by atoms with Crippen LogP contribution in [0.3, 0.4) is 0 Å². The van der Waals surface area contributed by atoms with E-state index in [1.165, 1.54) is 18.4 Å². The van der Waals surface area contributed by atoms with Gasteiger partial charge in [-0.3, -0.25) is 0 Å². The molecule has 0 fully saturated rings. The first kappa shape index (κ1) is 14.2. The van der Waals surface area contributed by atoms with Crippen LogP contribution in [0.5, 0.6) is 0 Å². The van der Waals surface area contributed by atoms with Crippen LogP contribution < -0.4 is 5.73 Å². The summed E-state index contributed by atoms with van der Waals surface area (Å²) in [5, 5.41) is 0. The highest BCUT2D eigenvalue weighted by atomic mass is 14.7. The molecule has 0 aliphatic rings. The number of hydrogen-bond acceptors (Lipinski definition) is 1. The van der Waals surface area contributed by atoms with Crippen LogP contribution in [-0.4, -0.2) is 5.54 Å². The molecule has 1 nitrogen and oxygen atoms in total. The molecule has 0 radical (unpaired) electrons. The minimum Gasteiger partial charge on any atom is -0.325 e. The highest BCUT2D eigenvalue weighted by Crippen LogP contribution is 2.29. The Labute approximate surface area is 106 Å². The molecule has 0 saturated heterocycles. The molecule has 0 amide bonds. The average Bonchev–Trinajstić information content (AvgIpc) is 2.38. The maximum Gasteiger partial charge on any atom is 0.0180 e. The van der Waals surface area contributed by atoms with Crippen LogP contribution in [0.25, 0.3) is 0 Å². The summed E-state index contributed by atoms with van der Waals surface area (Å²) >= 11 is 0. The lowest BCUT2D eigenvalue weighted by Gasteiger charge is -2.36. The van der Waals surface area contributed by atoms with Gasteiger partial charge in [-0.1, -0.05) is 57.5 Å². The molecule has 1 atom stereocenters. The summed E-state index contributed by atoms with van der Waals surface area (Å²) in [7, 11) is 0. The van der Waals surface area contributed by atoms with Crippen LogP contribution >= 0.6 is 0 Å². The summed E-state index contributed by atoms with van der Waals surface area (Å²) < 4.78 is 0. The van der Waals surface area contributed by atoms with Crippen molar-refractivity contribution in [3.63, 3.8) is 0 Å². The number of hydrogen-bond donors (Lipinski definition) is 1. The van der Waals surface area contributed by atoms with Gasteiger partial charge in [0.1, 0.15) is 0 Å². The van der Waals surface area contributed by atoms with Gasteiger partial charge in [0.15, 0.2) is 0 Å². The number of benzene rings is 1. The summed E-state index contributed by atoms with van der Waals surface area (Å²) in [4.78, 5) is 0. The van der Waals surface area contributed by atoms with Gasteiger partial charge in [-0.2, -0.15) is 0 Å². The van der Waals surface area contributed by atoms with E-state index in [0.29, 0.717) is 5.92 Å². The van der Waals surface area contributed by atoms with Crippen molar-refractivity contribution in [3.05, 3.63) is 35.9 Å². The van der Waals surface area contributed by atoms with Crippen molar-refractivity contribution >= 4 is 0 Å². The quantitative estimate of drug-likeness (QED) is 0.752. The maximum absolute atomic E-state index is 6.57. The Morgan fingerprint density at radius 2 is 1.65 bits per heavy atom.